The van der Waals surface area contributed by atoms with Gasteiger partial charge in [0, 0.05) is 11.4 Å². The van der Waals surface area contributed by atoms with E-state index in [1.165, 1.54) is 5.56 Å². The lowest BCUT2D eigenvalue weighted by Crippen LogP contribution is -2.34. The summed E-state index contributed by atoms with van der Waals surface area (Å²) in [5.41, 5.74) is 2.32. The Labute approximate surface area is 105 Å². The second-order valence-corrected chi connectivity index (χ2v) is 4.15. The molecule has 2 aromatic carbocycles. The van der Waals surface area contributed by atoms with Gasteiger partial charge in [0.25, 0.3) is 0 Å². The maximum atomic E-state index is 5.43. The molecule has 3 rings (SSSR count). The van der Waals surface area contributed by atoms with E-state index in [9.17, 15) is 0 Å². The van der Waals surface area contributed by atoms with Gasteiger partial charge < -0.3 is 10.1 Å². The van der Waals surface area contributed by atoms with Crippen LogP contribution in [0.15, 0.2) is 47.5 Å². The zero-order valence-electron chi connectivity index (χ0n) is 10.2. The highest BCUT2D eigenvalue weighted by Crippen LogP contribution is 2.19. The summed E-state index contributed by atoms with van der Waals surface area (Å²) in [7, 11) is 1.68. The van der Waals surface area contributed by atoms with Crippen LogP contribution in [0, 0.1) is 0 Å². The summed E-state index contributed by atoms with van der Waals surface area (Å²) >= 11 is 0. The van der Waals surface area contributed by atoms with Gasteiger partial charge in [0.1, 0.15) is 17.8 Å². The largest absolute Gasteiger partial charge is 0.494 e. The lowest BCUT2D eigenvalue weighted by Gasteiger charge is -2.10. The van der Waals surface area contributed by atoms with Crippen molar-refractivity contribution in [3.05, 3.63) is 53.0 Å². The normalized spacial score (nSPS) is 12.7. The molecule has 0 fully saturated rings. The highest BCUT2D eigenvalue weighted by atomic mass is 16.5. The monoisotopic (exact) mass is 238 g/mol. The van der Waals surface area contributed by atoms with Crippen molar-refractivity contribution < 1.29 is 4.74 Å². The van der Waals surface area contributed by atoms with Gasteiger partial charge >= 0.3 is 0 Å². The number of benzene rings is 2. The maximum Gasteiger partial charge on any atom is 0.145 e. The third kappa shape index (κ3) is 1.84. The van der Waals surface area contributed by atoms with Gasteiger partial charge in [-0.25, -0.2) is 0 Å². The van der Waals surface area contributed by atoms with Gasteiger partial charge in [-0.1, -0.05) is 30.3 Å². The van der Waals surface area contributed by atoms with Crippen molar-refractivity contribution >= 4 is 6.20 Å². The Bertz CT molecular complexity index is 678. The minimum Gasteiger partial charge on any atom is -0.494 e. The molecule has 0 amide bonds. The molecule has 0 saturated heterocycles. The van der Waals surface area contributed by atoms with Crippen LogP contribution in [0.5, 0.6) is 5.75 Å². The molecule has 0 saturated carbocycles. The van der Waals surface area contributed by atoms with Crippen LogP contribution >= 0.6 is 0 Å². The molecule has 3 heteroatoms. The van der Waals surface area contributed by atoms with E-state index >= 15 is 0 Å². The van der Waals surface area contributed by atoms with Crippen LogP contribution in [0.1, 0.15) is 0 Å². The fraction of sp³-hybridized carbons (Fsp3) is 0.133. The predicted molar refractivity (Wildman–Crippen MR) is 71.7 cm³/mol. The summed E-state index contributed by atoms with van der Waals surface area (Å²) in [6.07, 6.45) is 1.98. The molecular weight excluding hydrogens is 224 g/mol. The highest BCUT2D eigenvalue weighted by Gasteiger charge is 2.06. The average Bonchev–Trinajstić information content (AvgIpc) is 2.47. The molecule has 0 aliphatic carbocycles. The third-order valence-corrected chi connectivity index (χ3v) is 3.02. The molecule has 1 aliphatic heterocycles. The molecule has 0 spiro atoms. The molecule has 1 N–H and O–H groups in total. The number of fused-ring (bicyclic) bond motifs is 1. The van der Waals surface area contributed by atoms with Crippen LogP contribution in [0.4, 0.5) is 0 Å². The summed E-state index contributed by atoms with van der Waals surface area (Å²) in [4.78, 5) is 4.43. The Morgan fingerprint density at radius 1 is 1.11 bits per heavy atom. The van der Waals surface area contributed by atoms with Gasteiger partial charge in [0.15, 0.2) is 0 Å². The molecule has 0 atom stereocenters. The number of nitrogens with one attached hydrogen (secondary N) is 1. The first-order valence-corrected chi connectivity index (χ1v) is 5.90. The molecule has 0 radical (unpaired) electrons. The van der Waals surface area contributed by atoms with Crippen molar-refractivity contribution in [2.45, 2.75) is 0 Å². The Balaban J connectivity index is 2.26. The van der Waals surface area contributed by atoms with Crippen LogP contribution in [0.25, 0.3) is 17.3 Å². The van der Waals surface area contributed by atoms with Crippen molar-refractivity contribution in [2.75, 3.05) is 13.8 Å². The van der Waals surface area contributed by atoms with E-state index < -0.39 is 0 Å². The number of ether oxygens (including phenoxy) is 1. The van der Waals surface area contributed by atoms with Crippen LogP contribution in [-0.4, -0.2) is 13.8 Å². The van der Waals surface area contributed by atoms with E-state index in [2.05, 4.69) is 28.5 Å². The molecule has 90 valence electrons. The topological polar surface area (TPSA) is 33.6 Å². The molecule has 1 heterocycles. The zero-order valence-corrected chi connectivity index (χ0v) is 10.2. The van der Waals surface area contributed by atoms with Crippen molar-refractivity contribution in [3.8, 4) is 16.9 Å². The Morgan fingerprint density at radius 2 is 1.94 bits per heavy atom. The second kappa shape index (κ2) is 4.53. The number of nitrogens with zero attached hydrogens (tertiary/aromatic N) is 1. The van der Waals surface area contributed by atoms with E-state index in [1.54, 1.807) is 7.11 Å². The highest BCUT2D eigenvalue weighted by molar-refractivity contribution is 5.65. The summed E-state index contributed by atoms with van der Waals surface area (Å²) < 4.78 is 5.43. The molecular formula is C15H14N2O. The Kier molecular flexibility index (Phi) is 2.73. The van der Waals surface area contributed by atoms with E-state index in [0.29, 0.717) is 6.67 Å². The van der Waals surface area contributed by atoms with E-state index in [1.807, 2.05) is 30.5 Å². The summed E-state index contributed by atoms with van der Waals surface area (Å²) in [5.74, 6) is 0.823. The van der Waals surface area contributed by atoms with Gasteiger partial charge in [0.2, 0.25) is 0 Å². The van der Waals surface area contributed by atoms with Gasteiger partial charge in [-0.15, -0.1) is 0 Å². The maximum absolute atomic E-state index is 5.43. The van der Waals surface area contributed by atoms with Crippen LogP contribution in [0.2, 0.25) is 0 Å². The lowest BCUT2D eigenvalue weighted by atomic mass is 10.0. The second-order valence-electron chi connectivity index (χ2n) is 4.15. The average molecular weight is 238 g/mol. The number of rotatable bonds is 2. The predicted octanol–water partition coefficient (Wildman–Crippen LogP) is 1.28. The Morgan fingerprint density at radius 3 is 2.72 bits per heavy atom. The van der Waals surface area contributed by atoms with Crippen molar-refractivity contribution in [1.82, 2.24) is 5.32 Å². The fourth-order valence-corrected chi connectivity index (χ4v) is 2.14. The van der Waals surface area contributed by atoms with E-state index in [-0.39, 0.29) is 0 Å². The minimum atomic E-state index is 0.605. The van der Waals surface area contributed by atoms with Crippen LogP contribution in [0.3, 0.4) is 0 Å². The van der Waals surface area contributed by atoms with Crippen LogP contribution in [-0.2, 0) is 0 Å². The first-order chi connectivity index (χ1) is 8.88. The van der Waals surface area contributed by atoms with Gasteiger partial charge in [-0.2, -0.15) is 0 Å². The first kappa shape index (κ1) is 10.8. The Hall–Kier alpha value is -2.29. The summed E-state index contributed by atoms with van der Waals surface area (Å²) in [6, 6.07) is 14.4. The standard InChI is InChI=1S/C15H14N2O/c1-18-14-8-12(11-5-3-2-4-6-11)7-13-9-16-10-17-15(13)14/h2-9,16H,10H2,1H3. The van der Waals surface area contributed by atoms with Crippen LogP contribution < -0.4 is 20.6 Å². The SMILES string of the molecule is COc1cc(-c2ccccc2)cc2c1=NCNC=2. The van der Waals surface area contributed by atoms with E-state index in [4.69, 9.17) is 4.74 Å². The molecule has 2 aromatic rings. The molecule has 1 aliphatic rings. The molecule has 0 bridgehead atoms. The van der Waals surface area contributed by atoms with E-state index in [0.717, 1.165) is 21.9 Å². The van der Waals surface area contributed by atoms with Gasteiger partial charge in [-0.3, -0.25) is 4.99 Å². The molecule has 0 aromatic heterocycles. The number of hydrogen-bond acceptors (Lipinski definition) is 3. The molecule has 18 heavy (non-hydrogen) atoms. The molecule has 3 nitrogen and oxygen atoms in total. The minimum absolute atomic E-state index is 0.605. The third-order valence-electron chi connectivity index (χ3n) is 3.02. The fourth-order valence-electron chi connectivity index (χ4n) is 2.14. The first-order valence-electron chi connectivity index (χ1n) is 5.90. The van der Waals surface area contributed by atoms with Gasteiger partial charge in [-0.05, 0) is 23.3 Å². The van der Waals surface area contributed by atoms with Crippen molar-refractivity contribution in [1.29, 1.82) is 0 Å². The molecule has 0 unspecified atom stereocenters. The van der Waals surface area contributed by atoms with Crippen molar-refractivity contribution in [2.24, 2.45) is 4.99 Å². The summed E-state index contributed by atoms with van der Waals surface area (Å²) in [6.45, 7) is 0.605. The zero-order chi connectivity index (χ0) is 12.4. The summed E-state index contributed by atoms with van der Waals surface area (Å²) in [5, 5.41) is 5.12. The number of hydrogen-bond donors (Lipinski definition) is 1. The number of methoxy groups -OCH3 is 1. The lowest BCUT2D eigenvalue weighted by molar-refractivity contribution is 0.408. The van der Waals surface area contributed by atoms with Crippen molar-refractivity contribution in [3.63, 3.8) is 0 Å². The van der Waals surface area contributed by atoms with Gasteiger partial charge in [0.05, 0.1) is 7.11 Å². The quantitative estimate of drug-likeness (QED) is 0.855. The smallest absolute Gasteiger partial charge is 0.145 e.